The van der Waals surface area contributed by atoms with Crippen LogP contribution in [0.4, 0.5) is 5.69 Å². The van der Waals surface area contributed by atoms with E-state index in [1.54, 1.807) is 6.92 Å². The summed E-state index contributed by atoms with van der Waals surface area (Å²) in [5.74, 6) is -2.01. The summed E-state index contributed by atoms with van der Waals surface area (Å²) in [7, 11) is 0. The average Bonchev–Trinajstić information content (AvgIpc) is 2.62. The molecule has 1 atom stereocenters. The lowest BCUT2D eigenvalue weighted by Crippen LogP contribution is -2.37. The molecule has 1 aliphatic heterocycles. The number of carbonyl (C=O) groups is 3. The van der Waals surface area contributed by atoms with Crippen molar-refractivity contribution in [3.8, 4) is 0 Å². The Hall–Kier alpha value is -1.88. The molecule has 1 unspecified atom stereocenters. The van der Waals surface area contributed by atoms with Crippen molar-refractivity contribution < 1.29 is 19.5 Å². The van der Waals surface area contributed by atoms with Crippen molar-refractivity contribution in [3.63, 3.8) is 0 Å². The second-order valence-corrected chi connectivity index (χ2v) is 6.19. The van der Waals surface area contributed by atoms with E-state index in [-0.39, 0.29) is 40.4 Å². The minimum atomic E-state index is -1.23. The fourth-order valence-corrected chi connectivity index (χ4v) is 2.58. The molecule has 1 aromatic carbocycles. The standard InChI is InChI=1S/C15H16ClNO4/c1-8(2)15(3)7-12(18)17(14(15)21)11-5-4-9(16)6-10(11)13(19)20/h4-6,8H,7H2,1-3H3,(H,19,20). The van der Waals surface area contributed by atoms with Gasteiger partial charge >= 0.3 is 5.97 Å². The number of halogens is 1. The zero-order valence-electron chi connectivity index (χ0n) is 12.0. The van der Waals surface area contributed by atoms with Gasteiger partial charge in [-0.05, 0) is 31.0 Å². The lowest BCUT2D eigenvalue weighted by Gasteiger charge is -2.26. The van der Waals surface area contributed by atoms with E-state index in [4.69, 9.17) is 11.6 Å². The van der Waals surface area contributed by atoms with Crippen LogP contribution in [0.3, 0.4) is 0 Å². The van der Waals surface area contributed by atoms with E-state index in [9.17, 15) is 19.5 Å². The van der Waals surface area contributed by atoms with Gasteiger partial charge in [0.15, 0.2) is 0 Å². The van der Waals surface area contributed by atoms with Crippen LogP contribution in [0.15, 0.2) is 18.2 Å². The maximum atomic E-state index is 12.6. The molecule has 1 saturated heterocycles. The van der Waals surface area contributed by atoms with Crippen molar-refractivity contribution in [2.24, 2.45) is 11.3 Å². The van der Waals surface area contributed by atoms with Crippen LogP contribution in [0.2, 0.25) is 5.02 Å². The molecule has 1 aliphatic rings. The zero-order valence-corrected chi connectivity index (χ0v) is 12.8. The van der Waals surface area contributed by atoms with Gasteiger partial charge in [-0.1, -0.05) is 25.4 Å². The summed E-state index contributed by atoms with van der Waals surface area (Å²) < 4.78 is 0. The Morgan fingerprint density at radius 1 is 1.38 bits per heavy atom. The highest BCUT2D eigenvalue weighted by atomic mass is 35.5. The zero-order chi connectivity index (χ0) is 15.9. The van der Waals surface area contributed by atoms with Gasteiger partial charge in [-0.15, -0.1) is 0 Å². The van der Waals surface area contributed by atoms with Crippen LogP contribution < -0.4 is 4.90 Å². The molecule has 0 radical (unpaired) electrons. The topological polar surface area (TPSA) is 74.7 Å². The van der Waals surface area contributed by atoms with Crippen molar-refractivity contribution in [1.29, 1.82) is 0 Å². The van der Waals surface area contributed by atoms with Crippen LogP contribution >= 0.6 is 11.6 Å². The Bertz CT molecular complexity index is 641. The predicted octanol–water partition coefficient (Wildman–Crippen LogP) is 2.96. The van der Waals surface area contributed by atoms with Gasteiger partial charge in [0.25, 0.3) is 0 Å². The van der Waals surface area contributed by atoms with Gasteiger partial charge in [0.1, 0.15) is 0 Å². The number of hydrogen-bond acceptors (Lipinski definition) is 3. The number of amides is 2. The van der Waals surface area contributed by atoms with Gasteiger partial charge in [-0.25, -0.2) is 9.69 Å². The molecular formula is C15H16ClNO4. The Morgan fingerprint density at radius 3 is 2.48 bits per heavy atom. The van der Waals surface area contributed by atoms with Gasteiger partial charge < -0.3 is 5.11 Å². The van der Waals surface area contributed by atoms with E-state index < -0.39 is 11.4 Å². The molecule has 1 N–H and O–H groups in total. The Kier molecular flexibility index (Phi) is 3.80. The maximum Gasteiger partial charge on any atom is 0.337 e. The van der Waals surface area contributed by atoms with Crippen LogP contribution in [-0.4, -0.2) is 22.9 Å². The summed E-state index contributed by atoms with van der Waals surface area (Å²) >= 11 is 5.80. The lowest BCUT2D eigenvalue weighted by atomic mass is 9.78. The van der Waals surface area contributed by atoms with E-state index in [2.05, 4.69) is 0 Å². The summed E-state index contributed by atoms with van der Waals surface area (Å²) in [6.07, 6.45) is 0.0746. The number of hydrogen-bond donors (Lipinski definition) is 1. The highest BCUT2D eigenvalue weighted by Crippen LogP contribution is 2.42. The molecule has 1 fully saturated rings. The number of imide groups is 1. The monoisotopic (exact) mass is 309 g/mol. The molecule has 112 valence electrons. The molecule has 0 saturated carbocycles. The van der Waals surface area contributed by atoms with Crippen molar-refractivity contribution in [1.82, 2.24) is 0 Å². The molecule has 2 amide bonds. The molecule has 1 heterocycles. The first kappa shape index (κ1) is 15.5. The van der Waals surface area contributed by atoms with E-state index in [0.717, 1.165) is 4.90 Å². The van der Waals surface area contributed by atoms with Crippen LogP contribution in [0.25, 0.3) is 0 Å². The first-order valence-electron chi connectivity index (χ1n) is 6.58. The Labute approximate surface area is 127 Å². The second-order valence-electron chi connectivity index (χ2n) is 5.75. The molecule has 5 nitrogen and oxygen atoms in total. The van der Waals surface area contributed by atoms with Gasteiger partial charge in [0.2, 0.25) is 11.8 Å². The van der Waals surface area contributed by atoms with Gasteiger partial charge in [0, 0.05) is 11.4 Å². The first-order valence-corrected chi connectivity index (χ1v) is 6.96. The molecule has 0 spiro atoms. The molecule has 6 heteroatoms. The van der Waals surface area contributed by atoms with Gasteiger partial charge in [0.05, 0.1) is 16.7 Å². The highest BCUT2D eigenvalue weighted by Gasteiger charge is 2.51. The maximum absolute atomic E-state index is 12.6. The molecular weight excluding hydrogens is 294 g/mol. The van der Waals surface area contributed by atoms with Crippen LogP contribution in [0.5, 0.6) is 0 Å². The van der Waals surface area contributed by atoms with E-state index >= 15 is 0 Å². The molecule has 1 aromatic rings. The third-order valence-corrected chi connectivity index (χ3v) is 4.40. The number of carbonyl (C=O) groups excluding carboxylic acids is 2. The minimum absolute atomic E-state index is 0.0282. The van der Waals surface area contributed by atoms with Crippen molar-refractivity contribution in [3.05, 3.63) is 28.8 Å². The predicted molar refractivity (Wildman–Crippen MR) is 78.5 cm³/mol. The molecule has 0 bridgehead atoms. The van der Waals surface area contributed by atoms with Gasteiger partial charge in [-0.3, -0.25) is 9.59 Å². The van der Waals surface area contributed by atoms with E-state index in [1.165, 1.54) is 18.2 Å². The lowest BCUT2D eigenvalue weighted by molar-refractivity contribution is -0.126. The van der Waals surface area contributed by atoms with Crippen molar-refractivity contribution >= 4 is 35.1 Å². The van der Waals surface area contributed by atoms with Crippen LogP contribution in [0, 0.1) is 11.3 Å². The quantitative estimate of drug-likeness (QED) is 0.871. The number of nitrogens with zero attached hydrogens (tertiary/aromatic N) is 1. The summed E-state index contributed by atoms with van der Waals surface area (Å²) in [6.45, 7) is 5.47. The highest BCUT2D eigenvalue weighted by molar-refractivity contribution is 6.31. The van der Waals surface area contributed by atoms with Crippen LogP contribution in [0.1, 0.15) is 37.6 Å². The van der Waals surface area contributed by atoms with E-state index in [0.29, 0.717) is 0 Å². The number of rotatable bonds is 3. The van der Waals surface area contributed by atoms with Crippen molar-refractivity contribution in [2.75, 3.05) is 4.90 Å². The van der Waals surface area contributed by atoms with Crippen molar-refractivity contribution in [2.45, 2.75) is 27.2 Å². The molecule has 0 aliphatic carbocycles. The van der Waals surface area contributed by atoms with Crippen LogP contribution in [-0.2, 0) is 9.59 Å². The summed E-state index contributed by atoms with van der Waals surface area (Å²) in [6, 6.07) is 4.10. The van der Waals surface area contributed by atoms with Gasteiger partial charge in [-0.2, -0.15) is 0 Å². The van der Waals surface area contributed by atoms with E-state index in [1.807, 2.05) is 13.8 Å². The molecule has 21 heavy (non-hydrogen) atoms. The number of benzene rings is 1. The minimum Gasteiger partial charge on any atom is -0.478 e. The molecule has 2 rings (SSSR count). The second kappa shape index (κ2) is 5.15. The Morgan fingerprint density at radius 2 is 2.00 bits per heavy atom. The third kappa shape index (κ3) is 2.42. The largest absolute Gasteiger partial charge is 0.478 e. The average molecular weight is 310 g/mol. The Balaban J connectivity index is 2.56. The fourth-order valence-electron chi connectivity index (χ4n) is 2.41. The number of anilines is 1. The summed E-state index contributed by atoms with van der Waals surface area (Å²) in [5, 5.41) is 9.49. The fraction of sp³-hybridized carbons (Fsp3) is 0.400. The number of carboxylic acids is 1. The number of aromatic carboxylic acids is 1. The first-order chi connectivity index (χ1) is 9.68. The molecule has 0 aromatic heterocycles. The smallest absolute Gasteiger partial charge is 0.337 e. The summed E-state index contributed by atoms with van der Waals surface area (Å²) in [5.41, 5.74) is -0.893. The normalized spacial score (nSPS) is 22.2. The summed E-state index contributed by atoms with van der Waals surface area (Å²) in [4.78, 5) is 37.2. The third-order valence-electron chi connectivity index (χ3n) is 4.16. The SMILES string of the molecule is CC(C)C1(C)CC(=O)N(c2ccc(Cl)cc2C(=O)O)C1=O. The number of carboxylic acid groups (broad SMARTS) is 1.